The van der Waals surface area contributed by atoms with Crippen molar-refractivity contribution in [1.29, 1.82) is 0 Å². The lowest BCUT2D eigenvalue weighted by Gasteiger charge is -2.25. The molecule has 1 fully saturated rings. The summed E-state index contributed by atoms with van der Waals surface area (Å²) in [6, 6.07) is 0.503. The second-order valence-corrected chi connectivity index (χ2v) is 4.99. The molecule has 94 valence electrons. The minimum atomic E-state index is -0.132. The van der Waals surface area contributed by atoms with Crippen LogP contribution in [0.3, 0.4) is 0 Å². The molecule has 1 saturated heterocycles. The van der Waals surface area contributed by atoms with Gasteiger partial charge in [-0.15, -0.1) is 0 Å². The first-order valence-corrected chi connectivity index (χ1v) is 6.73. The maximum atomic E-state index is 11.5. The number of nitrogens with one attached hydrogen (secondary N) is 2. The van der Waals surface area contributed by atoms with E-state index >= 15 is 0 Å². The number of likely N-dealkylation sites (N-methyl/N-ethyl adjacent to an activating group) is 1. The van der Waals surface area contributed by atoms with E-state index in [0.717, 1.165) is 25.5 Å². The summed E-state index contributed by atoms with van der Waals surface area (Å²) in [7, 11) is 0. The Balaban J connectivity index is 2.16. The van der Waals surface area contributed by atoms with Crippen molar-refractivity contribution in [2.75, 3.05) is 24.5 Å². The molecule has 0 amide bonds. The summed E-state index contributed by atoms with van der Waals surface area (Å²) in [5, 5.41) is 3.45. The molecule has 0 radical (unpaired) electrons. The van der Waals surface area contributed by atoms with E-state index in [1.807, 2.05) is 0 Å². The Hall–Kier alpha value is -0.880. The fraction of sp³-hybridized carbons (Fsp3) is 0.636. The highest BCUT2D eigenvalue weighted by atomic mass is 79.9. The van der Waals surface area contributed by atoms with Crippen LogP contribution in [-0.2, 0) is 0 Å². The lowest BCUT2D eigenvalue weighted by atomic mass is 10.2. The molecule has 6 heteroatoms. The van der Waals surface area contributed by atoms with Crippen molar-refractivity contribution in [3.05, 3.63) is 21.2 Å². The SMILES string of the molecule is CCN(CC1CCCN1)c1nc[nH]c(=O)c1Br. The second kappa shape index (κ2) is 5.64. The van der Waals surface area contributed by atoms with Crippen LogP contribution in [0.2, 0.25) is 0 Å². The number of hydrogen-bond donors (Lipinski definition) is 2. The molecule has 1 aliphatic rings. The molecular weight excluding hydrogens is 284 g/mol. The standard InChI is InChI=1S/C11H17BrN4O/c1-2-16(6-8-4-3-5-13-8)10-9(12)11(17)15-7-14-10/h7-8,13H,2-6H2,1H3,(H,14,15,17). The van der Waals surface area contributed by atoms with Crippen LogP contribution in [0.1, 0.15) is 19.8 Å². The minimum absolute atomic E-state index is 0.132. The number of rotatable bonds is 4. The van der Waals surface area contributed by atoms with Crippen LogP contribution >= 0.6 is 15.9 Å². The maximum absolute atomic E-state index is 11.5. The molecule has 0 bridgehead atoms. The smallest absolute Gasteiger partial charge is 0.267 e. The number of aromatic amines is 1. The Kier molecular flexibility index (Phi) is 4.17. The van der Waals surface area contributed by atoms with Crippen molar-refractivity contribution in [2.45, 2.75) is 25.8 Å². The van der Waals surface area contributed by atoms with Gasteiger partial charge < -0.3 is 15.2 Å². The van der Waals surface area contributed by atoms with Crippen LogP contribution in [0.4, 0.5) is 5.82 Å². The van der Waals surface area contributed by atoms with Crippen molar-refractivity contribution < 1.29 is 0 Å². The third-order valence-corrected chi connectivity index (χ3v) is 3.78. The van der Waals surface area contributed by atoms with Gasteiger partial charge in [0.2, 0.25) is 0 Å². The van der Waals surface area contributed by atoms with Crippen LogP contribution in [0.15, 0.2) is 15.6 Å². The molecule has 0 aromatic carbocycles. The van der Waals surface area contributed by atoms with E-state index in [-0.39, 0.29) is 5.56 Å². The molecule has 1 unspecified atom stereocenters. The van der Waals surface area contributed by atoms with E-state index in [1.54, 1.807) is 0 Å². The first-order valence-electron chi connectivity index (χ1n) is 5.94. The molecule has 1 aliphatic heterocycles. The van der Waals surface area contributed by atoms with Gasteiger partial charge in [0.1, 0.15) is 10.3 Å². The van der Waals surface area contributed by atoms with Crippen LogP contribution in [0, 0.1) is 0 Å². The van der Waals surface area contributed by atoms with Gasteiger partial charge in [-0.25, -0.2) is 4.98 Å². The third kappa shape index (κ3) is 2.87. The van der Waals surface area contributed by atoms with E-state index in [2.05, 4.69) is 43.0 Å². The summed E-state index contributed by atoms with van der Waals surface area (Å²) in [5.74, 6) is 0.727. The van der Waals surface area contributed by atoms with Gasteiger partial charge >= 0.3 is 0 Å². The van der Waals surface area contributed by atoms with E-state index in [9.17, 15) is 4.79 Å². The average Bonchev–Trinajstić information content (AvgIpc) is 2.83. The van der Waals surface area contributed by atoms with Gasteiger partial charge in [0.25, 0.3) is 5.56 Å². The van der Waals surface area contributed by atoms with Crippen molar-refractivity contribution in [2.24, 2.45) is 0 Å². The highest BCUT2D eigenvalue weighted by Crippen LogP contribution is 2.20. The van der Waals surface area contributed by atoms with Crippen molar-refractivity contribution in [3.8, 4) is 0 Å². The van der Waals surface area contributed by atoms with Crippen LogP contribution in [0.25, 0.3) is 0 Å². The van der Waals surface area contributed by atoms with E-state index in [4.69, 9.17) is 0 Å². The second-order valence-electron chi connectivity index (χ2n) is 4.20. The number of H-pyrrole nitrogens is 1. The lowest BCUT2D eigenvalue weighted by molar-refractivity contribution is 0.582. The van der Waals surface area contributed by atoms with Crippen molar-refractivity contribution in [1.82, 2.24) is 15.3 Å². The average molecular weight is 301 g/mol. The maximum Gasteiger partial charge on any atom is 0.267 e. The normalized spacial score (nSPS) is 19.5. The predicted octanol–water partition coefficient (Wildman–Crippen LogP) is 1.11. The molecule has 5 nitrogen and oxygen atoms in total. The van der Waals surface area contributed by atoms with Gasteiger partial charge in [-0.3, -0.25) is 4.79 Å². The van der Waals surface area contributed by atoms with E-state index in [1.165, 1.54) is 19.2 Å². The van der Waals surface area contributed by atoms with Gasteiger partial charge in [-0.2, -0.15) is 0 Å². The zero-order chi connectivity index (χ0) is 12.3. The van der Waals surface area contributed by atoms with Gasteiger partial charge in [0, 0.05) is 19.1 Å². The minimum Gasteiger partial charge on any atom is -0.354 e. The summed E-state index contributed by atoms with van der Waals surface area (Å²) < 4.78 is 0.514. The highest BCUT2D eigenvalue weighted by Gasteiger charge is 2.20. The lowest BCUT2D eigenvalue weighted by Crippen LogP contribution is -2.38. The molecule has 2 rings (SSSR count). The topological polar surface area (TPSA) is 61.0 Å². The first kappa shape index (κ1) is 12.6. The van der Waals surface area contributed by atoms with E-state index < -0.39 is 0 Å². The zero-order valence-electron chi connectivity index (χ0n) is 9.87. The van der Waals surface area contributed by atoms with Crippen molar-refractivity contribution >= 4 is 21.7 Å². The zero-order valence-corrected chi connectivity index (χ0v) is 11.5. The van der Waals surface area contributed by atoms with Gasteiger partial charge in [0.15, 0.2) is 0 Å². The Labute approximate surface area is 109 Å². The number of hydrogen-bond acceptors (Lipinski definition) is 4. The summed E-state index contributed by atoms with van der Waals surface area (Å²) in [5.41, 5.74) is -0.132. The molecule has 0 aliphatic carbocycles. The molecule has 2 N–H and O–H groups in total. The summed E-state index contributed by atoms with van der Waals surface area (Å²) >= 11 is 3.30. The van der Waals surface area contributed by atoms with Gasteiger partial charge in [-0.05, 0) is 42.2 Å². The monoisotopic (exact) mass is 300 g/mol. The molecule has 1 aromatic heterocycles. The first-order chi connectivity index (χ1) is 8.22. The molecule has 0 saturated carbocycles. The number of aromatic nitrogens is 2. The Morgan fingerprint density at radius 1 is 1.65 bits per heavy atom. The molecule has 1 aromatic rings. The Morgan fingerprint density at radius 2 is 2.47 bits per heavy atom. The van der Waals surface area contributed by atoms with Gasteiger partial charge in [-0.1, -0.05) is 0 Å². The molecule has 17 heavy (non-hydrogen) atoms. The van der Waals surface area contributed by atoms with E-state index in [0.29, 0.717) is 10.5 Å². The fourth-order valence-corrected chi connectivity index (χ4v) is 2.61. The molecule has 0 spiro atoms. The Bertz CT molecular complexity index is 428. The summed E-state index contributed by atoms with van der Waals surface area (Å²) in [6.45, 7) is 4.90. The van der Waals surface area contributed by atoms with Crippen LogP contribution in [-0.4, -0.2) is 35.6 Å². The van der Waals surface area contributed by atoms with Crippen LogP contribution < -0.4 is 15.8 Å². The number of anilines is 1. The Morgan fingerprint density at radius 3 is 3.12 bits per heavy atom. The third-order valence-electron chi connectivity index (χ3n) is 3.06. The predicted molar refractivity (Wildman–Crippen MR) is 71.5 cm³/mol. The van der Waals surface area contributed by atoms with Crippen LogP contribution in [0.5, 0.6) is 0 Å². The fourth-order valence-electron chi connectivity index (χ4n) is 2.14. The summed E-state index contributed by atoms with van der Waals surface area (Å²) in [4.78, 5) is 20.4. The molecule has 2 heterocycles. The molecule has 1 atom stereocenters. The largest absolute Gasteiger partial charge is 0.354 e. The summed E-state index contributed by atoms with van der Waals surface area (Å²) in [6.07, 6.45) is 3.87. The van der Waals surface area contributed by atoms with Crippen molar-refractivity contribution in [3.63, 3.8) is 0 Å². The number of nitrogens with zero attached hydrogens (tertiary/aromatic N) is 2. The quantitative estimate of drug-likeness (QED) is 0.874. The van der Waals surface area contributed by atoms with Gasteiger partial charge in [0.05, 0.1) is 6.33 Å². The number of halogens is 1. The highest BCUT2D eigenvalue weighted by molar-refractivity contribution is 9.10. The molecular formula is C11H17BrN4O.